The van der Waals surface area contributed by atoms with Crippen molar-refractivity contribution in [2.24, 2.45) is 0 Å². The second-order valence-electron chi connectivity index (χ2n) is 6.86. The van der Waals surface area contributed by atoms with Gasteiger partial charge in [0.15, 0.2) is 11.9 Å². The summed E-state index contributed by atoms with van der Waals surface area (Å²) in [6.45, 7) is 1.28. The topological polar surface area (TPSA) is 72.5 Å². The zero-order chi connectivity index (χ0) is 23.3. The minimum Gasteiger partial charge on any atom is -0.449 e. The van der Waals surface area contributed by atoms with E-state index in [1.807, 2.05) is 0 Å². The van der Waals surface area contributed by atoms with Gasteiger partial charge in [-0.2, -0.15) is 13.2 Å². The number of anilines is 1. The Labute approximate surface area is 181 Å². The molecule has 3 aromatic carbocycles. The molecule has 0 aliphatic carbocycles. The number of nitrogens with one attached hydrogen (secondary N) is 1. The van der Waals surface area contributed by atoms with Crippen molar-refractivity contribution in [3.63, 3.8) is 0 Å². The van der Waals surface area contributed by atoms with Crippen molar-refractivity contribution in [2.75, 3.05) is 5.32 Å². The number of esters is 1. The van der Waals surface area contributed by atoms with Crippen LogP contribution in [0.5, 0.6) is 0 Å². The van der Waals surface area contributed by atoms with Crippen LogP contribution in [0.2, 0.25) is 0 Å². The lowest BCUT2D eigenvalue weighted by Crippen LogP contribution is -2.30. The molecule has 0 saturated heterocycles. The highest BCUT2D eigenvalue weighted by atomic mass is 19.4. The maximum absolute atomic E-state index is 12.8. The van der Waals surface area contributed by atoms with Crippen molar-refractivity contribution in [3.8, 4) is 0 Å². The van der Waals surface area contributed by atoms with Gasteiger partial charge >= 0.3 is 12.1 Å². The van der Waals surface area contributed by atoms with Gasteiger partial charge in [-0.15, -0.1) is 0 Å². The summed E-state index contributed by atoms with van der Waals surface area (Å²) in [5.74, 6) is -2.11. The average Bonchev–Trinajstić information content (AvgIpc) is 2.78. The lowest BCUT2D eigenvalue weighted by Gasteiger charge is -2.15. The predicted molar refractivity (Wildman–Crippen MR) is 111 cm³/mol. The van der Waals surface area contributed by atoms with Crippen LogP contribution in [-0.4, -0.2) is 23.8 Å². The van der Waals surface area contributed by atoms with Gasteiger partial charge in [-0.3, -0.25) is 9.59 Å². The minimum absolute atomic E-state index is 0.0277. The van der Waals surface area contributed by atoms with E-state index in [2.05, 4.69) is 5.32 Å². The molecule has 8 heteroatoms. The molecule has 0 spiro atoms. The van der Waals surface area contributed by atoms with Gasteiger partial charge in [0.25, 0.3) is 5.91 Å². The largest absolute Gasteiger partial charge is 0.449 e. The van der Waals surface area contributed by atoms with Gasteiger partial charge in [-0.05, 0) is 31.2 Å². The van der Waals surface area contributed by atoms with E-state index in [-0.39, 0.29) is 22.6 Å². The fourth-order valence-corrected chi connectivity index (χ4v) is 2.90. The third-order valence-corrected chi connectivity index (χ3v) is 4.54. The van der Waals surface area contributed by atoms with Gasteiger partial charge in [-0.1, -0.05) is 54.6 Å². The van der Waals surface area contributed by atoms with Crippen LogP contribution in [-0.2, 0) is 15.7 Å². The molecule has 0 heterocycles. The van der Waals surface area contributed by atoms with Crippen molar-refractivity contribution in [3.05, 3.63) is 101 Å². The van der Waals surface area contributed by atoms with Crippen molar-refractivity contribution in [1.82, 2.24) is 0 Å². The Morgan fingerprint density at radius 2 is 1.47 bits per heavy atom. The number of hydrogen-bond donors (Lipinski definition) is 1. The Balaban J connectivity index is 1.73. The molecule has 1 atom stereocenters. The van der Waals surface area contributed by atoms with Crippen LogP contribution in [0.1, 0.15) is 38.8 Å². The number of carbonyl (C=O) groups excluding carboxylic acids is 3. The molecule has 164 valence electrons. The van der Waals surface area contributed by atoms with Crippen LogP contribution in [0.3, 0.4) is 0 Å². The molecule has 32 heavy (non-hydrogen) atoms. The molecule has 1 amide bonds. The molecular weight excluding hydrogens is 423 g/mol. The summed E-state index contributed by atoms with van der Waals surface area (Å²) in [6.07, 6.45) is -5.88. The number of benzene rings is 3. The van der Waals surface area contributed by atoms with E-state index in [4.69, 9.17) is 4.74 Å². The zero-order valence-corrected chi connectivity index (χ0v) is 16.8. The highest BCUT2D eigenvalue weighted by Gasteiger charge is 2.31. The van der Waals surface area contributed by atoms with E-state index in [9.17, 15) is 27.6 Å². The molecule has 0 fully saturated rings. The molecule has 3 rings (SSSR count). The molecule has 0 bridgehead atoms. The number of rotatable bonds is 6. The molecule has 1 N–H and O–H groups in total. The zero-order valence-electron chi connectivity index (χ0n) is 16.8. The summed E-state index contributed by atoms with van der Waals surface area (Å²) < 4.78 is 43.7. The van der Waals surface area contributed by atoms with Crippen LogP contribution < -0.4 is 5.32 Å². The molecule has 0 saturated carbocycles. The summed E-state index contributed by atoms with van der Waals surface area (Å²) in [7, 11) is 0. The van der Waals surface area contributed by atoms with Crippen molar-refractivity contribution in [1.29, 1.82) is 0 Å². The van der Waals surface area contributed by atoms with Crippen LogP contribution in [0.25, 0.3) is 0 Å². The Kier molecular flexibility index (Phi) is 6.73. The summed E-state index contributed by atoms with van der Waals surface area (Å²) in [6, 6.07) is 18.4. The van der Waals surface area contributed by atoms with Crippen molar-refractivity contribution >= 4 is 23.3 Å². The molecule has 0 aliphatic heterocycles. The fourth-order valence-electron chi connectivity index (χ4n) is 2.90. The third-order valence-electron chi connectivity index (χ3n) is 4.54. The Morgan fingerprint density at radius 3 is 2.12 bits per heavy atom. The van der Waals surface area contributed by atoms with Gasteiger partial charge in [-0.25, -0.2) is 4.79 Å². The van der Waals surface area contributed by atoms with Crippen molar-refractivity contribution < 1.29 is 32.3 Å². The molecule has 5 nitrogen and oxygen atoms in total. The summed E-state index contributed by atoms with van der Waals surface area (Å²) >= 11 is 0. The van der Waals surface area contributed by atoms with Crippen LogP contribution in [0.15, 0.2) is 78.9 Å². The molecule has 0 unspecified atom stereocenters. The lowest BCUT2D eigenvalue weighted by atomic mass is 9.98. The monoisotopic (exact) mass is 441 g/mol. The minimum atomic E-state index is -4.56. The van der Waals surface area contributed by atoms with Crippen LogP contribution >= 0.6 is 0 Å². The Bertz CT molecular complexity index is 1140. The average molecular weight is 441 g/mol. The molecule has 0 radical (unpaired) electrons. The number of ketones is 1. The predicted octanol–water partition coefficient (Wildman–Crippen LogP) is 5.12. The van der Waals surface area contributed by atoms with E-state index in [0.29, 0.717) is 5.56 Å². The van der Waals surface area contributed by atoms with Crippen LogP contribution in [0, 0.1) is 0 Å². The molecule has 3 aromatic rings. The number of hydrogen-bond acceptors (Lipinski definition) is 4. The third kappa shape index (κ3) is 5.40. The van der Waals surface area contributed by atoms with Gasteiger partial charge < -0.3 is 10.1 Å². The molecule has 0 aliphatic rings. The first kappa shape index (κ1) is 22.7. The fraction of sp³-hybridized carbons (Fsp3) is 0.125. The second-order valence-corrected chi connectivity index (χ2v) is 6.86. The number of halogens is 3. The number of amides is 1. The van der Waals surface area contributed by atoms with Gasteiger partial charge in [0.1, 0.15) is 0 Å². The summed E-state index contributed by atoms with van der Waals surface area (Å²) in [5.41, 5.74) is -0.557. The van der Waals surface area contributed by atoms with E-state index in [1.165, 1.54) is 25.1 Å². The highest BCUT2D eigenvalue weighted by Crippen LogP contribution is 2.30. The van der Waals surface area contributed by atoms with Gasteiger partial charge in [0.05, 0.1) is 11.1 Å². The standard InChI is InChI=1S/C24H18F3NO4/c1-15(22(30)28-18-11-7-10-17(14-18)24(25,26)27)32-23(31)20-13-6-5-12-19(20)21(29)16-8-3-2-4-9-16/h2-15H,1H3,(H,28,30)/t15-/m1/s1. The highest BCUT2D eigenvalue weighted by molar-refractivity contribution is 6.14. The van der Waals surface area contributed by atoms with E-state index in [1.54, 1.807) is 42.5 Å². The maximum Gasteiger partial charge on any atom is 0.416 e. The molecule has 0 aromatic heterocycles. The van der Waals surface area contributed by atoms with E-state index < -0.39 is 29.7 Å². The Morgan fingerprint density at radius 1 is 0.844 bits per heavy atom. The quantitative estimate of drug-likeness (QED) is 0.426. The van der Waals surface area contributed by atoms with Crippen molar-refractivity contribution in [2.45, 2.75) is 19.2 Å². The first-order valence-corrected chi connectivity index (χ1v) is 9.54. The number of carbonyl (C=O) groups is 3. The molecular formula is C24H18F3NO4. The van der Waals surface area contributed by atoms with E-state index in [0.717, 1.165) is 18.2 Å². The maximum atomic E-state index is 12.8. The lowest BCUT2D eigenvalue weighted by molar-refractivity contribution is -0.137. The van der Waals surface area contributed by atoms with Crippen LogP contribution in [0.4, 0.5) is 18.9 Å². The summed E-state index contributed by atoms with van der Waals surface area (Å²) in [5, 5.41) is 2.29. The van der Waals surface area contributed by atoms with Gasteiger partial charge in [0, 0.05) is 16.8 Å². The smallest absolute Gasteiger partial charge is 0.416 e. The number of ether oxygens (including phenoxy) is 1. The van der Waals surface area contributed by atoms with Gasteiger partial charge in [0.2, 0.25) is 0 Å². The first-order valence-electron chi connectivity index (χ1n) is 9.54. The SMILES string of the molecule is C[C@@H](OC(=O)c1ccccc1C(=O)c1ccccc1)C(=O)Nc1cccc(C(F)(F)F)c1. The Hall–Kier alpha value is -3.94. The number of alkyl halides is 3. The summed E-state index contributed by atoms with van der Waals surface area (Å²) in [4.78, 5) is 37.8. The van der Waals surface area contributed by atoms with E-state index >= 15 is 0 Å². The second kappa shape index (κ2) is 9.47. The normalized spacial score (nSPS) is 12.0. The first-order chi connectivity index (χ1) is 15.2.